The summed E-state index contributed by atoms with van der Waals surface area (Å²) in [7, 11) is 0. The Kier molecular flexibility index (Phi) is 6.06. The number of aliphatic hydroxyl groups excluding tert-OH is 1. The molecule has 1 unspecified atom stereocenters. The number of likely N-dealkylation sites (tertiary alicyclic amines) is 1. The zero-order chi connectivity index (χ0) is 23.8. The second-order valence-corrected chi connectivity index (χ2v) is 8.92. The van der Waals surface area contributed by atoms with Gasteiger partial charge in [0.1, 0.15) is 5.69 Å². The first-order valence-electron chi connectivity index (χ1n) is 10.9. The summed E-state index contributed by atoms with van der Waals surface area (Å²) in [4.78, 5) is 20.8. The summed E-state index contributed by atoms with van der Waals surface area (Å²) >= 11 is 0. The van der Waals surface area contributed by atoms with Crippen LogP contribution in [0, 0.1) is 29.6 Å². The molecule has 0 radical (unpaired) electrons. The molecule has 4 rings (SSSR count). The number of pyridine rings is 1. The monoisotopic (exact) mass is 458 g/mol. The van der Waals surface area contributed by atoms with Gasteiger partial charge in [-0.1, -0.05) is 6.07 Å². The van der Waals surface area contributed by atoms with Crippen LogP contribution in [0.4, 0.5) is 18.9 Å². The number of aromatic nitrogens is 1. The smallest absolute Gasteiger partial charge is 0.396 e. The number of anilines is 1. The maximum absolute atomic E-state index is 13.4. The van der Waals surface area contributed by atoms with Crippen molar-refractivity contribution in [3.63, 3.8) is 0 Å². The van der Waals surface area contributed by atoms with Gasteiger partial charge >= 0.3 is 6.18 Å². The van der Waals surface area contributed by atoms with Gasteiger partial charge in [0.2, 0.25) is 0 Å². The molecule has 1 N–H and O–H groups in total. The second kappa shape index (κ2) is 8.67. The maximum Gasteiger partial charge on any atom is 0.417 e. The molecule has 1 aromatic heterocycles. The van der Waals surface area contributed by atoms with E-state index in [1.54, 1.807) is 23.2 Å². The molecule has 3 heterocycles. The third-order valence-corrected chi connectivity index (χ3v) is 7.09. The number of aryl methyl sites for hydroxylation is 1. The van der Waals surface area contributed by atoms with Crippen LogP contribution in [0.3, 0.4) is 0 Å². The van der Waals surface area contributed by atoms with E-state index in [0.29, 0.717) is 50.4 Å². The Hall–Kier alpha value is -3.12. The lowest BCUT2D eigenvalue weighted by molar-refractivity contribution is -0.137. The van der Waals surface area contributed by atoms with Gasteiger partial charge in [-0.25, -0.2) is 0 Å². The SMILES string of the molecule is Cc1cccnc1C(=O)N1CCC2(CC1)CN(c1ccc(C#N)c(C(F)(F)F)c1)CC2CO. The largest absolute Gasteiger partial charge is 0.417 e. The van der Waals surface area contributed by atoms with Crippen LogP contribution in [0.2, 0.25) is 0 Å². The number of benzene rings is 1. The Labute approximate surface area is 190 Å². The number of carbonyl (C=O) groups is 1. The normalized spacial score (nSPS) is 20.2. The Morgan fingerprint density at radius 1 is 1.30 bits per heavy atom. The predicted octanol–water partition coefficient (Wildman–Crippen LogP) is 3.63. The number of nitriles is 1. The average molecular weight is 458 g/mol. The van der Waals surface area contributed by atoms with Crippen LogP contribution in [0.15, 0.2) is 36.5 Å². The highest BCUT2D eigenvalue weighted by Gasteiger charge is 2.48. The van der Waals surface area contributed by atoms with E-state index in [4.69, 9.17) is 5.26 Å². The molecule has 1 atom stereocenters. The van der Waals surface area contributed by atoms with E-state index < -0.39 is 17.3 Å². The third-order valence-electron chi connectivity index (χ3n) is 7.09. The van der Waals surface area contributed by atoms with Crippen molar-refractivity contribution in [3.05, 3.63) is 58.9 Å². The number of rotatable bonds is 3. The van der Waals surface area contributed by atoms with Crippen LogP contribution in [0.1, 0.15) is 40.0 Å². The van der Waals surface area contributed by atoms with E-state index in [-0.39, 0.29) is 23.8 Å². The summed E-state index contributed by atoms with van der Waals surface area (Å²) < 4.78 is 40.3. The zero-order valence-electron chi connectivity index (χ0n) is 18.3. The highest BCUT2D eigenvalue weighted by Crippen LogP contribution is 2.46. The molecule has 2 fully saturated rings. The van der Waals surface area contributed by atoms with Gasteiger partial charge in [-0.15, -0.1) is 0 Å². The van der Waals surface area contributed by atoms with Gasteiger partial charge in [0, 0.05) is 50.6 Å². The van der Waals surface area contributed by atoms with Crippen LogP contribution in [-0.2, 0) is 6.18 Å². The molecule has 6 nitrogen and oxygen atoms in total. The van der Waals surface area contributed by atoms with Crippen LogP contribution < -0.4 is 4.90 Å². The zero-order valence-corrected chi connectivity index (χ0v) is 18.3. The third kappa shape index (κ3) is 4.27. The first-order valence-corrected chi connectivity index (χ1v) is 10.9. The number of halogens is 3. The van der Waals surface area contributed by atoms with Crippen molar-refractivity contribution in [2.45, 2.75) is 25.9 Å². The van der Waals surface area contributed by atoms with Gasteiger partial charge in [0.25, 0.3) is 5.91 Å². The molecule has 0 saturated carbocycles. The van der Waals surface area contributed by atoms with Crippen molar-refractivity contribution in [1.82, 2.24) is 9.88 Å². The number of hydrogen-bond acceptors (Lipinski definition) is 5. The summed E-state index contributed by atoms with van der Waals surface area (Å²) in [6, 6.07) is 8.99. The van der Waals surface area contributed by atoms with E-state index in [2.05, 4.69) is 4.98 Å². The van der Waals surface area contributed by atoms with E-state index in [1.165, 1.54) is 12.1 Å². The number of hydrogen-bond donors (Lipinski definition) is 1. The molecule has 1 amide bonds. The number of nitrogens with zero attached hydrogens (tertiary/aromatic N) is 4. The average Bonchev–Trinajstić information content (AvgIpc) is 3.16. The standard InChI is InChI=1S/C24H25F3N4O2/c1-16-3-2-8-29-21(16)22(33)30-9-6-23(7-10-30)15-31(13-18(23)14-32)19-5-4-17(12-28)20(11-19)24(25,26)27/h2-5,8,11,18,32H,6-7,9-10,13-15H2,1H3. The Balaban J connectivity index is 1.52. The van der Waals surface area contributed by atoms with Crippen molar-refractivity contribution >= 4 is 11.6 Å². The van der Waals surface area contributed by atoms with Crippen molar-refractivity contribution in [1.29, 1.82) is 5.26 Å². The Morgan fingerprint density at radius 2 is 2.03 bits per heavy atom. The number of piperidine rings is 1. The summed E-state index contributed by atoms with van der Waals surface area (Å²) in [5, 5.41) is 19.1. The second-order valence-electron chi connectivity index (χ2n) is 8.92. The number of alkyl halides is 3. The molecule has 1 spiro atoms. The molecule has 174 valence electrons. The molecule has 2 saturated heterocycles. The van der Waals surface area contributed by atoms with Gasteiger partial charge in [-0.2, -0.15) is 18.4 Å². The Morgan fingerprint density at radius 3 is 2.64 bits per heavy atom. The lowest BCUT2D eigenvalue weighted by Crippen LogP contribution is -2.47. The van der Waals surface area contributed by atoms with Gasteiger partial charge < -0.3 is 14.9 Å². The van der Waals surface area contributed by atoms with Crippen LogP contribution in [0.5, 0.6) is 0 Å². The van der Waals surface area contributed by atoms with Gasteiger partial charge in [0.15, 0.2) is 0 Å². The topological polar surface area (TPSA) is 80.5 Å². The number of amides is 1. The molecule has 0 bridgehead atoms. The van der Waals surface area contributed by atoms with Gasteiger partial charge in [0.05, 0.1) is 17.2 Å². The lowest BCUT2D eigenvalue weighted by atomic mass is 9.71. The van der Waals surface area contributed by atoms with E-state index in [9.17, 15) is 23.1 Å². The summed E-state index contributed by atoms with van der Waals surface area (Å²) in [6.07, 6.45) is -1.73. The van der Waals surface area contributed by atoms with Crippen molar-refractivity contribution in [3.8, 4) is 6.07 Å². The lowest BCUT2D eigenvalue weighted by Gasteiger charge is -2.42. The fraction of sp³-hybridized carbons (Fsp3) is 0.458. The minimum Gasteiger partial charge on any atom is -0.396 e. The number of carbonyl (C=O) groups excluding carboxylic acids is 1. The highest BCUT2D eigenvalue weighted by molar-refractivity contribution is 5.93. The summed E-state index contributed by atoms with van der Waals surface area (Å²) in [6.45, 7) is 3.68. The van der Waals surface area contributed by atoms with Gasteiger partial charge in [-0.3, -0.25) is 9.78 Å². The fourth-order valence-corrected chi connectivity index (χ4v) is 5.12. The molecular weight excluding hydrogens is 433 g/mol. The molecule has 0 aliphatic carbocycles. The quantitative estimate of drug-likeness (QED) is 0.760. The summed E-state index contributed by atoms with van der Waals surface area (Å²) in [5.74, 6) is -0.239. The maximum atomic E-state index is 13.4. The van der Waals surface area contributed by atoms with Crippen molar-refractivity contribution < 1.29 is 23.1 Å². The molecule has 9 heteroatoms. The molecule has 33 heavy (non-hydrogen) atoms. The van der Waals surface area contributed by atoms with Gasteiger partial charge in [-0.05, 0) is 55.0 Å². The van der Waals surface area contributed by atoms with Crippen molar-refractivity contribution in [2.75, 3.05) is 37.7 Å². The highest BCUT2D eigenvalue weighted by atomic mass is 19.4. The molecule has 2 aromatic rings. The minimum atomic E-state index is -4.62. The fourth-order valence-electron chi connectivity index (χ4n) is 5.12. The first-order chi connectivity index (χ1) is 15.7. The Bertz CT molecular complexity index is 1090. The molecule has 2 aliphatic rings. The van der Waals surface area contributed by atoms with Crippen LogP contribution >= 0.6 is 0 Å². The molecule has 2 aliphatic heterocycles. The number of aliphatic hydroxyl groups is 1. The van der Waals surface area contributed by atoms with E-state index in [0.717, 1.165) is 11.6 Å². The minimum absolute atomic E-state index is 0.0772. The molecular formula is C24H25F3N4O2. The van der Waals surface area contributed by atoms with Crippen molar-refractivity contribution in [2.24, 2.45) is 11.3 Å². The predicted molar refractivity (Wildman–Crippen MR) is 115 cm³/mol. The summed E-state index contributed by atoms with van der Waals surface area (Å²) in [5.41, 5.74) is -0.0245. The first kappa shape index (κ1) is 23.1. The molecule has 1 aromatic carbocycles. The van der Waals surface area contributed by atoms with Crippen LogP contribution in [0.25, 0.3) is 0 Å². The van der Waals surface area contributed by atoms with E-state index >= 15 is 0 Å². The van der Waals surface area contributed by atoms with E-state index in [1.807, 2.05) is 17.9 Å². The van der Waals surface area contributed by atoms with Crippen LogP contribution in [-0.4, -0.2) is 53.7 Å².